The third-order valence-corrected chi connectivity index (χ3v) is 6.59. The van der Waals surface area contributed by atoms with E-state index in [1.54, 1.807) is 6.07 Å². The first-order chi connectivity index (χ1) is 16.5. The monoisotopic (exact) mass is 468 g/mol. The van der Waals surface area contributed by atoms with Crippen molar-refractivity contribution < 1.29 is 14.0 Å². The number of aldehydes is 1. The summed E-state index contributed by atoms with van der Waals surface area (Å²) < 4.78 is 12.2. The van der Waals surface area contributed by atoms with Gasteiger partial charge in [-0.1, -0.05) is 64.3 Å². The van der Waals surface area contributed by atoms with Crippen molar-refractivity contribution in [2.75, 3.05) is 25.0 Å². The van der Waals surface area contributed by atoms with Crippen LogP contribution in [-0.2, 0) is 4.79 Å². The molecule has 1 unspecified atom stereocenters. The van der Waals surface area contributed by atoms with Gasteiger partial charge in [-0.05, 0) is 81.1 Å². The molecule has 0 aromatic heterocycles. The molecule has 34 heavy (non-hydrogen) atoms. The lowest BCUT2D eigenvalue weighted by Gasteiger charge is -2.32. The Bertz CT molecular complexity index is 878. The zero-order chi connectivity index (χ0) is 24.8. The van der Waals surface area contributed by atoms with Crippen molar-refractivity contribution in [3.63, 3.8) is 0 Å². The Morgan fingerprint density at radius 3 is 2.44 bits per heavy atom. The van der Waals surface area contributed by atoms with Crippen molar-refractivity contribution in [2.45, 2.75) is 71.6 Å². The predicted molar refractivity (Wildman–Crippen MR) is 139 cm³/mol. The summed E-state index contributed by atoms with van der Waals surface area (Å²) in [6, 6.07) is 14.0. The van der Waals surface area contributed by atoms with E-state index in [2.05, 4.69) is 42.3 Å². The van der Waals surface area contributed by atoms with Gasteiger partial charge in [-0.25, -0.2) is 4.39 Å². The van der Waals surface area contributed by atoms with Crippen molar-refractivity contribution >= 4 is 17.9 Å². The lowest BCUT2D eigenvalue weighted by molar-refractivity contribution is -0.119. The molecule has 1 fully saturated rings. The number of rotatable bonds is 10. The highest BCUT2D eigenvalue weighted by atomic mass is 19.1. The fourth-order valence-electron chi connectivity index (χ4n) is 4.15. The number of hydrogen-bond donors (Lipinski definition) is 1. The Morgan fingerprint density at radius 2 is 1.82 bits per heavy atom. The number of carbonyl (C=O) groups is 2. The molecule has 5 heteroatoms. The molecule has 1 N–H and O–H groups in total. The summed E-state index contributed by atoms with van der Waals surface area (Å²) >= 11 is 0. The molecule has 1 aliphatic rings. The third kappa shape index (κ3) is 9.76. The fraction of sp³-hybridized carbons (Fsp3) is 0.517. The number of carbonyl (C=O) groups excluding carboxylic acids is 2. The number of nitrogens with zero attached hydrogens (tertiary/aromatic N) is 1. The Kier molecular flexibility index (Phi) is 12.5. The maximum absolute atomic E-state index is 12.2. The molecule has 0 spiro atoms. The van der Waals surface area contributed by atoms with E-state index in [4.69, 9.17) is 0 Å². The van der Waals surface area contributed by atoms with Gasteiger partial charge < -0.3 is 10.2 Å². The molecule has 4 nitrogen and oxygen atoms in total. The van der Waals surface area contributed by atoms with Gasteiger partial charge in [-0.15, -0.1) is 0 Å². The maximum atomic E-state index is 12.2. The summed E-state index contributed by atoms with van der Waals surface area (Å²) in [5.41, 5.74) is 2.70. The average Bonchev–Trinajstić information content (AvgIpc) is 2.87. The lowest BCUT2D eigenvalue weighted by Crippen LogP contribution is -2.33. The van der Waals surface area contributed by atoms with Crippen LogP contribution < -0.4 is 5.32 Å². The van der Waals surface area contributed by atoms with Gasteiger partial charge in [0.15, 0.2) is 0 Å². The standard InChI is InChI=1S/C22H36N2O.C7H5FO/c1-4-6-7-8-14-24-15-12-19(13-16-24)20-10-9-11-21(17-20)23-22(25)18(3)5-2;8-7-3-1-2-6(4-7)5-9/h9-11,17-19H,4-8,12-16H2,1-3H3,(H,23,25);1-5H. The second-order valence-corrected chi connectivity index (χ2v) is 9.27. The topological polar surface area (TPSA) is 49.4 Å². The largest absolute Gasteiger partial charge is 0.326 e. The van der Waals surface area contributed by atoms with Crippen LogP contribution in [0.5, 0.6) is 0 Å². The molecule has 2 aromatic carbocycles. The molecule has 3 rings (SSSR count). The van der Waals surface area contributed by atoms with Gasteiger partial charge >= 0.3 is 0 Å². The number of hydrogen-bond acceptors (Lipinski definition) is 3. The lowest BCUT2D eigenvalue weighted by atomic mass is 9.89. The van der Waals surface area contributed by atoms with E-state index < -0.39 is 0 Å². The molecule has 1 saturated heterocycles. The SMILES string of the molecule is CCCCCCN1CCC(c2cccc(NC(=O)C(C)CC)c2)CC1.O=Cc1cccc(F)c1. The number of nitrogens with one attached hydrogen (secondary N) is 1. The number of anilines is 1. The number of piperidine rings is 1. The minimum Gasteiger partial charge on any atom is -0.326 e. The van der Waals surface area contributed by atoms with E-state index in [-0.39, 0.29) is 17.6 Å². The number of unbranched alkanes of at least 4 members (excludes halogenated alkanes) is 3. The van der Waals surface area contributed by atoms with Gasteiger partial charge in [0.25, 0.3) is 0 Å². The van der Waals surface area contributed by atoms with Crippen LogP contribution in [0.3, 0.4) is 0 Å². The van der Waals surface area contributed by atoms with Crippen LogP contribution in [0.2, 0.25) is 0 Å². The number of likely N-dealkylation sites (tertiary alicyclic amines) is 1. The number of amides is 1. The second-order valence-electron chi connectivity index (χ2n) is 9.27. The van der Waals surface area contributed by atoms with Gasteiger partial charge in [0.05, 0.1) is 0 Å². The van der Waals surface area contributed by atoms with E-state index in [9.17, 15) is 14.0 Å². The summed E-state index contributed by atoms with van der Waals surface area (Å²) in [6.07, 6.45) is 9.35. The van der Waals surface area contributed by atoms with Crippen LogP contribution in [0.1, 0.15) is 87.6 Å². The van der Waals surface area contributed by atoms with Crippen LogP contribution in [0, 0.1) is 11.7 Å². The van der Waals surface area contributed by atoms with E-state index in [1.165, 1.54) is 81.9 Å². The smallest absolute Gasteiger partial charge is 0.227 e. The molecular weight excluding hydrogens is 427 g/mol. The summed E-state index contributed by atoms with van der Waals surface area (Å²) in [5.74, 6) is 0.452. The van der Waals surface area contributed by atoms with Gasteiger partial charge in [0.2, 0.25) is 5.91 Å². The van der Waals surface area contributed by atoms with Crippen molar-refractivity contribution in [1.29, 1.82) is 0 Å². The molecule has 0 aliphatic carbocycles. The maximum Gasteiger partial charge on any atom is 0.227 e. The van der Waals surface area contributed by atoms with Crippen molar-refractivity contribution in [1.82, 2.24) is 4.90 Å². The van der Waals surface area contributed by atoms with Gasteiger partial charge in [0, 0.05) is 17.2 Å². The van der Waals surface area contributed by atoms with E-state index in [1.807, 2.05) is 13.0 Å². The summed E-state index contributed by atoms with van der Waals surface area (Å²) in [7, 11) is 0. The van der Waals surface area contributed by atoms with Gasteiger partial charge in [-0.2, -0.15) is 0 Å². The predicted octanol–water partition coefficient (Wildman–Crippen LogP) is 7.07. The average molecular weight is 469 g/mol. The molecule has 0 radical (unpaired) electrons. The molecule has 186 valence electrons. The minimum atomic E-state index is -0.375. The normalized spacial score (nSPS) is 15.2. The van der Waals surface area contributed by atoms with Crippen molar-refractivity contribution in [3.05, 3.63) is 65.5 Å². The molecule has 0 bridgehead atoms. The Balaban J connectivity index is 0.000000379. The highest BCUT2D eigenvalue weighted by Gasteiger charge is 2.20. The van der Waals surface area contributed by atoms with E-state index >= 15 is 0 Å². The molecule has 1 atom stereocenters. The summed E-state index contributed by atoms with van der Waals surface area (Å²) in [4.78, 5) is 24.7. The zero-order valence-electron chi connectivity index (χ0n) is 21.1. The number of benzene rings is 2. The Morgan fingerprint density at radius 1 is 1.09 bits per heavy atom. The summed E-state index contributed by atoms with van der Waals surface area (Å²) in [6.45, 7) is 9.98. The first-order valence-corrected chi connectivity index (χ1v) is 12.8. The first kappa shape index (κ1) is 27.7. The van der Waals surface area contributed by atoms with Crippen LogP contribution in [-0.4, -0.2) is 36.7 Å². The highest BCUT2D eigenvalue weighted by Crippen LogP contribution is 2.29. The zero-order valence-corrected chi connectivity index (χ0v) is 21.1. The van der Waals surface area contributed by atoms with Crippen LogP contribution >= 0.6 is 0 Å². The molecule has 2 aromatic rings. The molecule has 1 aliphatic heterocycles. The quantitative estimate of drug-likeness (QED) is 0.300. The first-order valence-electron chi connectivity index (χ1n) is 12.8. The molecule has 1 amide bonds. The van der Waals surface area contributed by atoms with Gasteiger partial charge in [-0.3, -0.25) is 9.59 Å². The summed E-state index contributed by atoms with van der Waals surface area (Å²) in [5, 5.41) is 3.07. The van der Waals surface area contributed by atoms with Crippen molar-refractivity contribution in [3.8, 4) is 0 Å². The van der Waals surface area contributed by atoms with E-state index in [0.29, 0.717) is 17.8 Å². The fourth-order valence-corrected chi connectivity index (χ4v) is 4.15. The highest BCUT2D eigenvalue weighted by molar-refractivity contribution is 5.92. The molecular formula is C29H41FN2O2. The van der Waals surface area contributed by atoms with Gasteiger partial charge in [0.1, 0.15) is 12.1 Å². The second kappa shape index (κ2) is 15.4. The Hall–Kier alpha value is -2.53. The van der Waals surface area contributed by atoms with Crippen LogP contribution in [0.25, 0.3) is 0 Å². The Labute approximate surface area is 204 Å². The van der Waals surface area contributed by atoms with Crippen LogP contribution in [0.4, 0.5) is 10.1 Å². The number of halogens is 1. The third-order valence-electron chi connectivity index (χ3n) is 6.59. The molecule has 0 saturated carbocycles. The van der Waals surface area contributed by atoms with E-state index in [0.717, 1.165) is 12.1 Å². The minimum absolute atomic E-state index is 0.0691. The van der Waals surface area contributed by atoms with Crippen molar-refractivity contribution in [2.24, 2.45) is 5.92 Å². The molecule has 1 heterocycles. The van der Waals surface area contributed by atoms with Crippen LogP contribution in [0.15, 0.2) is 48.5 Å².